The van der Waals surface area contributed by atoms with Crippen molar-refractivity contribution in [3.8, 4) is 5.75 Å². The predicted molar refractivity (Wildman–Crippen MR) is 59.7 cm³/mol. The maximum absolute atomic E-state index is 5.42. The molecule has 0 spiro atoms. The van der Waals surface area contributed by atoms with Crippen molar-refractivity contribution < 1.29 is 4.74 Å². The molecule has 0 aliphatic carbocycles. The van der Waals surface area contributed by atoms with E-state index in [-0.39, 0.29) is 0 Å². The van der Waals surface area contributed by atoms with E-state index in [1.165, 1.54) is 5.56 Å². The summed E-state index contributed by atoms with van der Waals surface area (Å²) in [6, 6.07) is 6.08. The van der Waals surface area contributed by atoms with E-state index in [2.05, 4.69) is 32.6 Å². The first-order chi connectivity index (χ1) is 6.69. The number of benzene rings is 1. The molecule has 0 saturated heterocycles. The minimum atomic E-state index is 0.495. The van der Waals surface area contributed by atoms with Gasteiger partial charge in [0.1, 0.15) is 5.75 Å². The van der Waals surface area contributed by atoms with Crippen molar-refractivity contribution in [1.82, 2.24) is 0 Å². The minimum absolute atomic E-state index is 0.495. The van der Waals surface area contributed by atoms with E-state index in [9.17, 15) is 0 Å². The van der Waals surface area contributed by atoms with E-state index in [1.54, 1.807) is 0 Å². The first-order valence-electron chi connectivity index (χ1n) is 4.98. The second-order valence-corrected chi connectivity index (χ2v) is 3.51. The fourth-order valence-corrected chi connectivity index (χ4v) is 1.45. The molecule has 0 bridgehead atoms. The molecule has 1 radical (unpaired) electrons. The van der Waals surface area contributed by atoms with E-state index in [4.69, 9.17) is 4.74 Å². The highest BCUT2D eigenvalue weighted by Crippen LogP contribution is 2.24. The lowest BCUT2D eigenvalue weighted by atomic mass is 9.97. The van der Waals surface area contributed by atoms with Crippen LogP contribution in [-0.2, 0) is 0 Å². The molecule has 0 amide bonds. The van der Waals surface area contributed by atoms with Gasteiger partial charge in [0.25, 0.3) is 0 Å². The Kier molecular flexibility index (Phi) is 3.75. The lowest BCUT2D eigenvalue weighted by molar-refractivity contribution is 0.340. The number of rotatable bonds is 4. The van der Waals surface area contributed by atoms with Crippen LogP contribution in [0.5, 0.6) is 5.75 Å². The highest BCUT2D eigenvalue weighted by atomic mass is 16.5. The van der Waals surface area contributed by atoms with Gasteiger partial charge >= 0.3 is 0 Å². The monoisotopic (exact) mass is 189 g/mol. The van der Waals surface area contributed by atoms with Crippen LogP contribution < -0.4 is 4.74 Å². The van der Waals surface area contributed by atoms with Gasteiger partial charge in [-0.25, -0.2) is 0 Å². The molecule has 1 aromatic carbocycles. The summed E-state index contributed by atoms with van der Waals surface area (Å²) in [6.07, 6.45) is 2.95. The van der Waals surface area contributed by atoms with Gasteiger partial charge in [-0.3, -0.25) is 0 Å². The molecule has 0 aliphatic rings. The lowest BCUT2D eigenvalue weighted by Gasteiger charge is -2.11. The summed E-state index contributed by atoms with van der Waals surface area (Å²) in [4.78, 5) is 0. The Morgan fingerprint density at radius 3 is 2.64 bits per heavy atom. The normalized spacial score (nSPS) is 10.3. The van der Waals surface area contributed by atoms with Crippen molar-refractivity contribution in [3.63, 3.8) is 0 Å². The Bertz CT molecular complexity index is 313. The zero-order valence-corrected chi connectivity index (χ0v) is 9.13. The molecule has 1 aromatic rings. The quantitative estimate of drug-likeness (QED) is 0.703. The largest absolute Gasteiger partial charge is 0.494 e. The van der Waals surface area contributed by atoms with Crippen LogP contribution in [0.2, 0.25) is 0 Å². The molecule has 0 unspecified atom stereocenters. The highest BCUT2D eigenvalue weighted by molar-refractivity contribution is 5.40. The van der Waals surface area contributed by atoms with Gasteiger partial charge in [-0.2, -0.15) is 0 Å². The molecule has 75 valence electrons. The first-order valence-corrected chi connectivity index (χ1v) is 4.98. The maximum atomic E-state index is 5.42. The number of hydrogen-bond donors (Lipinski definition) is 0. The molecule has 1 heteroatoms. The Labute approximate surface area is 86.4 Å². The SMILES string of the molecule is C=[C]c1cc(OCC)ccc1C(C)C. The highest BCUT2D eigenvalue weighted by Gasteiger charge is 2.05. The molecule has 0 aliphatic heterocycles. The van der Waals surface area contributed by atoms with Crippen LogP contribution in [0.4, 0.5) is 0 Å². The van der Waals surface area contributed by atoms with E-state index in [0.717, 1.165) is 11.3 Å². The third-order valence-electron chi connectivity index (χ3n) is 2.15. The van der Waals surface area contributed by atoms with Crippen LogP contribution in [0.3, 0.4) is 0 Å². The van der Waals surface area contributed by atoms with E-state index < -0.39 is 0 Å². The average molecular weight is 189 g/mol. The van der Waals surface area contributed by atoms with Crippen molar-refractivity contribution in [1.29, 1.82) is 0 Å². The molecular weight excluding hydrogens is 172 g/mol. The molecule has 0 fully saturated rings. The fourth-order valence-electron chi connectivity index (χ4n) is 1.45. The summed E-state index contributed by atoms with van der Waals surface area (Å²) in [5.74, 6) is 1.39. The molecule has 1 rings (SSSR count). The van der Waals surface area contributed by atoms with Crippen LogP contribution in [0, 0.1) is 6.08 Å². The van der Waals surface area contributed by atoms with Crippen molar-refractivity contribution in [2.75, 3.05) is 6.61 Å². The van der Waals surface area contributed by atoms with Gasteiger partial charge < -0.3 is 4.74 Å². The molecule has 0 aromatic heterocycles. The van der Waals surface area contributed by atoms with Crippen LogP contribution in [0.25, 0.3) is 0 Å². The summed E-state index contributed by atoms with van der Waals surface area (Å²) in [5.41, 5.74) is 2.31. The van der Waals surface area contributed by atoms with Gasteiger partial charge in [0.05, 0.1) is 6.61 Å². The summed E-state index contributed by atoms with van der Waals surface area (Å²) in [5, 5.41) is 0. The molecule has 14 heavy (non-hydrogen) atoms. The van der Waals surface area contributed by atoms with E-state index >= 15 is 0 Å². The molecule has 1 nitrogen and oxygen atoms in total. The number of ether oxygens (including phenoxy) is 1. The van der Waals surface area contributed by atoms with Gasteiger partial charge in [-0.15, -0.1) is 0 Å². The summed E-state index contributed by atoms with van der Waals surface area (Å²) < 4.78 is 5.42. The zero-order valence-electron chi connectivity index (χ0n) is 9.13. The average Bonchev–Trinajstić information content (AvgIpc) is 2.17. The van der Waals surface area contributed by atoms with Crippen LogP contribution in [-0.4, -0.2) is 6.61 Å². The molecule has 0 heterocycles. The third kappa shape index (κ3) is 2.38. The van der Waals surface area contributed by atoms with Crippen LogP contribution in [0.1, 0.15) is 37.8 Å². The Morgan fingerprint density at radius 2 is 2.14 bits per heavy atom. The summed E-state index contributed by atoms with van der Waals surface area (Å²) in [6.45, 7) is 10.7. The second kappa shape index (κ2) is 4.85. The van der Waals surface area contributed by atoms with E-state index in [0.29, 0.717) is 12.5 Å². The van der Waals surface area contributed by atoms with Gasteiger partial charge in [-0.05, 0) is 42.2 Å². The standard InChI is InChI=1S/C13H17O/c1-5-11-9-12(14-6-2)7-8-13(11)10(3)4/h7-10H,1,6H2,2-4H3. The Balaban J connectivity index is 3.05. The molecule has 0 atom stereocenters. The smallest absolute Gasteiger partial charge is 0.119 e. The van der Waals surface area contributed by atoms with Crippen molar-refractivity contribution in [3.05, 3.63) is 42.0 Å². The summed E-state index contributed by atoms with van der Waals surface area (Å²) >= 11 is 0. The van der Waals surface area contributed by atoms with Gasteiger partial charge in [0.2, 0.25) is 0 Å². The fraction of sp³-hybridized carbons (Fsp3) is 0.385. The maximum Gasteiger partial charge on any atom is 0.119 e. The first kappa shape index (κ1) is 10.8. The van der Waals surface area contributed by atoms with Gasteiger partial charge in [-0.1, -0.05) is 26.5 Å². The topological polar surface area (TPSA) is 9.23 Å². The molecule has 0 saturated carbocycles. The predicted octanol–water partition coefficient (Wildman–Crippen LogP) is 3.55. The third-order valence-corrected chi connectivity index (χ3v) is 2.15. The number of hydrogen-bond acceptors (Lipinski definition) is 1. The van der Waals surface area contributed by atoms with Crippen molar-refractivity contribution >= 4 is 0 Å². The van der Waals surface area contributed by atoms with E-state index in [1.807, 2.05) is 19.1 Å². The molecule has 0 N–H and O–H groups in total. The van der Waals surface area contributed by atoms with Crippen molar-refractivity contribution in [2.24, 2.45) is 0 Å². The Hall–Kier alpha value is -1.24. The second-order valence-electron chi connectivity index (χ2n) is 3.51. The molecular formula is C13H17O. The van der Waals surface area contributed by atoms with Gasteiger partial charge in [0.15, 0.2) is 0 Å². The summed E-state index contributed by atoms with van der Waals surface area (Å²) in [7, 11) is 0. The lowest BCUT2D eigenvalue weighted by Crippen LogP contribution is -1.96. The van der Waals surface area contributed by atoms with Crippen LogP contribution in [0.15, 0.2) is 24.8 Å². The zero-order chi connectivity index (χ0) is 10.6. The van der Waals surface area contributed by atoms with Crippen LogP contribution >= 0.6 is 0 Å². The Morgan fingerprint density at radius 1 is 1.43 bits per heavy atom. The minimum Gasteiger partial charge on any atom is -0.494 e. The van der Waals surface area contributed by atoms with Crippen molar-refractivity contribution in [2.45, 2.75) is 26.7 Å². The van der Waals surface area contributed by atoms with Gasteiger partial charge in [0, 0.05) is 0 Å².